The minimum absolute atomic E-state index is 0.480. The molecule has 4 rings (SSSR count). The van der Waals surface area contributed by atoms with Gasteiger partial charge in [0.1, 0.15) is 0 Å². The molecular weight excluding hydrogens is 384 g/mol. The summed E-state index contributed by atoms with van der Waals surface area (Å²) in [6.07, 6.45) is 7.79. The molecule has 0 unspecified atom stereocenters. The highest BCUT2D eigenvalue weighted by atomic mass is 14.2. The van der Waals surface area contributed by atoms with Crippen LogP contribution in [0, 0.1) is 19.8 Å². The fourth-order valence-corrected chi connectivity index (χ4v) is 5.19. The highest BCUT2D eigenvalue weighted by Crippen LogP contribution is 2.36. The van der Waals surface area contributed by atoms with Gasteiger partial charge in [-0.2, -0.15) is 0 Å². The standard InChI is InChI=1S/C32H38/c1-22(2)25(5)28-14-12-26(13-15-28)18-27-19-30(29-9-7-6-8-10-29)21-31(20-27)32-16-11-23(3)17-24(32)4/h11-17,19-22,29H,5-10,18H2,1-4H3. The van der Waals surface area contributed by atoms with Crippen molar-refractivity contribution in [3.8, 4) is 11.1 Å². The Morgan fingerprint density at radius 3 is 2.22 bits per heavy atom. The molecule has 0 spiro atoms. The molecule has 0 heterocycles. The number of hydrogen-bond donors (Lipinski definition) is 0. The van der Waals surface area contributed by atoms with Gasteiger partial charge in [0.2, 0.25) is 0 Å². The molecule has 166 valence electrons. The Balaban J connectivity index is 1.68. The van der Waals surface area contributed by atoms with Gasteiger partial charge in [0.15, 0.2) is 0 Å². The van der Waals surface area contributed by atoms with Crippen LogP contribution in [0.5, 0.6) is 0 Å². The minimum Gasteiger partial charge on any atom is -0.0950 e. The lowest BCUT2D eigenvalue weighted by Crippen LogP contribution is -2.06. The van der Waals surface area contributed by atoms with Crippen molar-refractivity contribution in [2.24, 2.45) is 5.92 Å². The molecule has 0 aliphatic heterocycles. The molecule has 3 aromatic carbocycles. The number of benzene rings is 3. The molecule has 1 aliphatic rings. The van der Waals surface area contributed by atoms with Crippen molar-refractivity contribution in [3.63, 3.8) is 0 Å². The van der Waals surface area contributed by atoms with E-state index in [4.69, 9.17) is 0 Å². The van der Waals surface area contributed by atoms with Gasteiger partial charge in [0.25, 0.3) is 0 Å². The Hall–Kier alpha value is -2.60. The van der Waals surface area contributed by atoms with Gasteiger partial charge in [-0.05, 0) is 89.5 Å². The third kappa shape index (κ3) is 5.23. The summed E-state index contributed by atoms with van der Waals surface area (Å²) in [5.74, 6) is 1.19. The molecule has 1 fully saturated rings. The largest absolute Gasteiger partial charge is 0.0950 e. The van der Waals surface area contributed by atoms with Crippen molar-refractivity contribution >= 4 is 5.57 Å². The predicted octanol–water partition coefficient (Wildman–Crippen LogP) is 9.28. The third-order valence-corrected chi connectivity index (χ3v) is 7.21. The summed E-state index contributed by atoms with van der Waals surface area (Å²) in [6, 6.07) is 23.3. The van der Waals surface area contributed by atoms with E-state index in [-0.39, 0.29) is 0 Å². The molecule has 0 nitrogen and oxygen atoms in total. The first-order chi connectivity index (χ1) is 15.4. The maximum absolute atomic E-state index is 4.26. The molecule has 0 atom stereocenters. The summed E-state index contributed by atoms with van der Waals surface area (Å²) in [7, 11) is 0. The molecule has 0 radical (unpaired) electrons. The van der Waals surface area contributed by atoms with Gasteiger partial charge in [-0.1, -0.05) is 106 Å². The fraction of sp³-hybridized carbons (Fsp3) is 0.375. The van der Waals surface area contributed by atoms with Crippen LogP contribution in [0.15, 0.2) is 67.2 Å². The van der Waals surface area contributed by atoms with Gasteiger partial charge in [0.05, 0.1) is 0 Å². The highest BCUT2D eigenvalue weighted by Gasteiger charge is 2.18. The van der Waals surface area contributed by atoms with Gasteiger partial charge in [-0.15, -0.1) is 0 Å². The second kappa shape index (κ2) is 9.90. The van der Waals surface area contributed by atoms with Gasteiger partial charge >= 0.3 is 0 Å². The summed E-state index contributed by atoms with van der Waals surface area (Å²) in [6.45, 7) is 13.1. The van der Waals surface area contributed by atoms with Crippen LogP contribution in [-0.2, 0) is 6.42 Å². The third-order valence-electron chi connectivity index (χ3n) is 7.21. The summed E-state index contributed by atoms with van der Waals surface area (Å²) >= 11 is 0. The van der Waals surface area contributed by atoms with Crippen LogP contribution in [-0.4, -0.2) is 0 Å². The second-order valence-electron chi connectivity index (χ2n) is 10.2. The zero-order valence-corrected chi connectivity index (χ0v) is 20.4. The first-order valence-electron chi connectivity index (χ1n) is 12.4. The molecule has 0 aromatic heterocycles. The molecule has 0 N–H and O–H groups in total. The average Bonchev–Trinajstić information content (AvgIpc) is 2.79. The lowest BCUT2D eigenvalue weighted by molar-refractivity contribution is 0.443. The molecule has 1 aliphatic carbocycles. The smallest absolute Gasteiger partial charge is 0.00254 e. The van der Waals surface area contributed by atoms with E-state index < -0.39 is 0 Å². The predicted molar refractivity (Wildman–Crippen MR) is 140 cm³/mol. The van der Waals surface area contributed by atoms with E-state index in [2.05, 4.69) is 94.9 Å². The van der Waals surface area contributed by atoms with Crippen molar-refractivity contribution < 1.29 is 0 Å². The number of aryl methyl sites for hydroxylation is 2. The zero-order chi connectivity index (χ0) is 22.7. The minimum atomic E-state index is 0.480. The van der Waals surface area contributed by atoms with Crippen LogP contribution in [0.4, 0.5) is 0 Å². The van der Waals surface area contributed by atoms with Crippen LogP contribution in [0.1, 0.15) is 85.3 Å². The van der Waals surface area contributed by atoms with Crippen LogP contribution >= 0.6 is 0 Å². The molecule has 1 saturated carbocycles. The Morgan fingerprint density at radius 2 is 1.56 bits per heavy atom. The van der Waals surface area contributed by atoms with E-state index >= 15 is 0 Å². The van der Waals surface area contributed by atoms with Crippen molar-refractivity contribution in [1.29, 1.82) is 0 Å². The molecule has 3 aromatic rings. The fourth-order valence-electron chi connectivity index (χ4n) is 5.19. The Labute approximate surface area is 195 Å². The van der Waals surface area contributed by atoms with E-state index in [1.54, 1.807) is 5.56 Å². The van der Waals surface area contributed by atoms with Gasteiger partial charge in [0, 0.05) is 0 Å². The van der Waals surface area contributed by atoms with Crippen molar-refractivity contribution in [2.75, 3.05) is 0 Å². The Bertz CT molecular complexity index is 1080. The van der Waals surface area contributed by atoms with Gasteiger partial charge in [-0.25, -0.2) is 0 Å². The quantitative estimate of drug-likeness (QED) is 0.371. The number of allylic oxidation sites excluding steroid dienone is 1. The number of hydrogen-bond acceptors (Lipinski definition) is 0. The number of rotatable bonds is 6. The van der Waals surface area contributed by atoms with Crippen LogP contribution in [0.2, 0.25) is 0 Å². The van der Waals surface area contributed by atoms with Crippen molar-refractivity contribution in [1.82, 2.24) is 0 Å². The molecule has 0 bridgehead atoms. The molecule has 0 saturated heterocycles. The van der Waals surface area contributed by atoms with Gasteiger partial charge in [-0.3, -0.25) is 0 Å². The lowest BCUT2D eigenvalue weighted by Gasteiger charge is -2.24. The first-order valence-corrected chi connectivity index (χ1v) is 12.4. The Kier molecular flexibility index (Phi) is 6.99. The average molecular weight is 423 g/mol. The van der Waals surface area contributed by atoms with Crippen molar-refractivity contribution in [3.05, 3.63) is 101 Å². The summed E-state index contributed by atoms with van der Waals surface area (Å²) in [4.78, 5) is 0. The van der Waals surface area contributed by atoms with Crippen LogP contribution in [0.25, 0.3) is 16.7 Å². The van der Waals surface area contributed by atoms with E-state index in [1.165, 1.54) is 76.6 Å². The zero-order valence-electron chi connectivity index (χ0n) is 20.4. The van der Waals surface area contributed by atoms with Gasteiger partial charge < -0.3 is 0 Å². The molecule has 0 heteroatoms. The lowest BCUT2D eigenvalue weighted by atomic mass is 9.81. The van der Waals surface area contributed by atoms with Crippen molar-refractivity contribution in [2.45, 2.75) is 72.1 Å². The molecular formula is C32H38. The SMILES string of the molecule is C=C(c1ccc(Cc2cc(-c3ccc(C)cc3C)cc(C3CCCCC3)c2)cc1)C(C)C. The maximum Gasteiger partial charge on any atom is -0.00254 e. The summed E-state index contributed by atoms with van der Waals surface area (Å²) in [5.41, 5.74) is 12.3. The van der Waals surface area contributed by atoms with E-state index in [1.807, 2.05) is 0 Å². The second-order valence-corrected chi connectivity index (χ2v) is 10.2. The van der Waals surface area contributed by atoms with Crippen LogP contribution < -0.4 is 0 Å². The monoisotopic (exact) mass is 422 g/mol. The molecule has 32 heavy (non-hydrogen) atoms. The summed E-state index contributed by atoms with van der Waals surface area (Å²) < 4.78 is 0. The van der Waals surface area contributed by atoms with Crippen LogP contribution in [0.3, 0.4) is 0 Å². The normalized spacial score (nSPS) is 14.7. The summed E-state index contributed by atoms with van der Waals surface area (Å²) in [5, 5.41) is 0. The topological polar surface area (TPSA) is 0 Å². The first kappa shape index (κ1) is 22.6. The molecule has 0 amide bonds. The highest BCUT2D eigenvalue weighted by molar-refractivity contribution is 5.69. The van der Waals surface area contributed by atoms with E-state index in [9.17, 15) is 0 Å². The van der Waals surface area contributed by atoms with E-state index in [0.717, 1.165) is 6.42 Å². The Morgan fingerprint density at radius 1 is 0.844 bits per heavy atom. The van der Waals surface area contributed by atoms with E-state index in [0.29, 0.717) is 11.8 Å². The maximum atomic E-state index is 4.26.